The van der Waals surface area contributed by atoms with Gasteiger partial charge in [0.2, 0.25) is 0 Å². The first-order chi connectivity index (χ1) is 29.9. The number of phenolic OH excluding ortho intramolecular Hbond substituents is 2. The van der Waals surface area contributed by atoms with Crippen molar-refractivity contribution in [3.63, 3.8) is 0 Å². The van der Waals surface area contributed by atoms with Crippen LogP contribution in [0.5, 0.6) is 23.0 Å². The molecule has 0 amide bonds. The highest BCUT2D eigenvalue weighted by molar-refractivity contribution is 6.01. The minimum absolute atomic E-state index is 0.162. The van der Waals surface area contributed by atoms with E-state index in [9.17, 15) is 10.2 Å². The van der Waals surface area contributed by atoms with Crippen LogP contribution in [0.15, 0.2) is 139 Å². The van der Waals surface area contributed by atoms with Crippen LogP contribution in [0.25, 0.3) is 49.7 Å². The molecule has 0 fully saturated rings. The van der Waals surface area contributed by atoms with E-state index in [1.54, 1.807) is 0 Å². The first kappa shape index (κ1) is 43.8. The lowest BCUT2D eigenvalue weighted by atomic mass is 9.80. The van der Waals surface area contributed by atoms with Gasteiger partial charge in [0, 0.05) is 39.8 Å². The Balaban J connectivity index is 0.00000285. The SMILES string of the molecule is CC.CC1=C(c2cc(C(C)C)cc(-c3ccccc3OCCCOc3ccccc3-c3cc(C(C)(C)C)cc(-c4c(C)ccc5ccccc45)c3O)c2O)c2ccccc2CC1. The number of para-hydroxylation sites is 2. The molecular formula is C58H62O4. The van der Waals surface area contributed by atoms with Crippen molar-refractivity contribution >= 4 is 16.3 Å². The van der Waals surface area contributed by atoms with Gasteiger partial charge in [-0.15, -0.1) is 0 Å². The van der Waals surface area contributed by atoms with Gasteiger partial charge in [0.15, 0.2) is 0 Å². The van der Waals surface area contributed by atoms with E-state index >= 15 is 0 Å². The fourth-order valence-corrected chi connectivity index (χ4v) is 8.67. The second kappa shape index (κ2) is 18.8. The van der Waals surface area contributed by atoms with Crippen molar-refractivity contribution in [3.05, 3.63) is 172 Å². The molecule has 62 heavy (non-hydrogen) atoms. The second-order valence-corrected chi connectivity index (χ2v) is 17.6. The van der Waals surface area contributed by atoms with Crippen LogP contribution in [0.2, 0.25) is 0 Å². The highest BCUT2D eigenvalue weighted by atomic mass is 16.5. The van der Waals surface area contributed by atoms with Gasteiger partial charge >= 0.3 is 0 Å². The van der Waals surface area contributed by atoms with E-state index in [0.717, 1.165) is 85.0 Å². The zero-order valence-electron chi connectivity index (χ0n) is 38.0. The van der Waals surface area contributed by atoms with Crippen molar-refractivity contribution in [2.45, 2.75) is 92.9 Å². The van der Waals surface area contributed by atoms with E-state index in [1.807, 2.05) is 62.4 Å². The molecule has 0 saturated carbocycles. The van der Waals surface area contributed by atoms with Gasteiger partial charge < -0.3 is 19.7 Å². The number of aromatic hydroxyl groups is 2. The number of aryl methyl sites for hydroxylation is 2. The second-order valence-electron chi connectivity index (χ2n) is 17.6. The quantitative estimate of drug-likeness (QED) is 0.128. The van der Waals surface area contributed by atoms with E-state index in [4.69, 9.17) is 9.47 Å². The van der Waals surface area contributed by atoms with Crippen LogP contribution in [-0.4, -0.2) is 23.4 Å². The summed E-state index contributed by atoms with van der Waals surface area (Å²) in [4.78, 5) is 0. The van der Waals surface area contributed by atoms with Crippen molar-refractivity contribution in [2.24, 2.45) is 0 Å². The molecule has 7 aromatic carbocycles. The summed E-state index contributed by atoms with van der Waals surface area (Å²) in [5, 5.41) is 26.5. The summed E-state index contributed by atoms with van der Waals surface area (Å²) in [6, 6.07) is 45.7. The van der Waals surface area contributed by atoms with Gasteiger partial charge in [-0.2, -0.15) is 0 Å². The molecule has 0 saturated heterocycles. The Labute approximate surface area is 369 Å². The van der Waals surface area contributed by atoms with Gasteiger partial charge in [-0.25, -0.2) is 0 Å². The maximum Gasteiger partial charge on any atom is 0.131 e. The highest BCUT2D eigenvalue weighted by Gasteiger charge is 2.26. The molecule has 2 N–H and O–H groups in total. The van der Waals surface area contributed by atoms with Gasteiger partial charge in [-0.1, -0.05) is 151 Å². The van der Waals surface area contributed by atoms with Crippen LogP contribution in [-0.2, 0) is 11.8 Å². The van der Waals surface area contributed by atoms with Crippen molar-refractivity contribution in [1.82, 2.24) is 0 Å². The Morgan fingerprint density at radius 2 is 1.10 bits per heavy atom. The molecule has 0 radical (unpaired) electrons. The number of hydrogen-bond acceptors (Lipinski definition) is 4. The molecule has 0 heterocycles. The summed E-state index contributed by atoms with van der Waals surface area (Å²) in [7, 11) is 0. The zero-order valence-corrected chi connectivity index (χ0v) is 38.0. The van der Waals surface area contributed by atoms with Crippen LogP contribution in [0.3, 0.4) is 0 Å². The van der Waals surface area contributed by atoms with Crippen molar-refractivity contribution in [3.8, 4) is 56.4 Å². The third-order valence-electron chi connectivity index (χ3n) is 12.1. The molecule has 4 heteroatoms. The molecule has 1 aliphatic rings. The maximum atomic E-state index is 12.2. The van der Waals surface area contributed by atoms with E-state index in [0.29, 0.717) is 25.4 Å². The standard InChI is InChI=1S/C56H56O4.C2H6/c1-35(2)40-31-46(54(57)48(32-40)52-36(3)25-27-38-17-8-10-19-42(38)52)44-21-12-14-23-50(44)59-29-16-30-60-51-24-15-13-22-45(51)47-33-41(56(5,6)7)34-49(55(47)58)53-37(4)26-28-39-18-9-11-20-43(39)53;1-2/h8-15,17-24,26,28,31-35,57-58H,16,25,27,29-30H2,1-7H3;1-2H3. The molecular weight excluding hydrogens is 761 g/mol. The number of benzene rings is 7. The fraction of sp³-hybridized carbons (Fsp3) is 0.276. The minimum atomic E-state index is -0.162. The fourth-order valence-electron chi connectivity index (χ4n) is 8.67. The molecule has 1 aliphatic carbocycles. The van der Waals surface area contributed by atoms with E-state index in [-0.39, 0.29) is 22.8 Å². The van der Waals surface area contributed by atoms with Gasteiger partial charge in [0.05, 0.1) is 13.2 Å². The van der Waals surface area contributed by atoms with Crippen LogP contribution < -0.4 is 9.47 Å². The van der Waals surface area contributed by atoms with Crippen molar-refractivity contribution in [2.75, 3.05) is 13.2 Å². The Hall–Kier alpha value is -6.26. The molecule has 0 aromatic heterocycles. The average Bonchev–Trinajstić information content (AvgIpc) is 3.27. The van der Waals surface area contributed by atoms with E-state index < -0.39 is 0 Å². The van der Waals surface area contributed by atoms with E-state index in [1.165, 1.54) is 22.3 Å². The molecule has 0 unspecified atom stereocenters. The highest BCUT2D eigenvalue weighted by Crippen LogP contribution is 2.48. The maximum absolute atomic E-state index is 12.2. The lowest BCUT2D eigenvalue weighted by Crippen LogP contribution is -2.12. The number of fused-ring (bicyclic) bond motifs is 2. The Kier molecular flexibility index (Phi) is 13.3. The van der Waals surface area contributed by atoms with Crippen molar-refractivity contribution < 1.29 is 19.7 Å². The Morgan fingerprint density at radius 1 is 0.565 bits per heavy atom. The summed E-state index contributed by atoms with van der Waals surface area (Å²) in [6.07, 6.45) is 2.60. The smallest absolute Gasteiger partial charge is 0.131 e. The zero-order chi connectivity index (χ0) is 44.1. The minimum Gasteiger partial charge on any atom is -0.507 e. The lowest BCUT2D eigenvalue weighted by Gasteiger charge is -2.25. The molecule has 0 atom stereocenters. The Bertz CT molecular complexity index is 2750. The predicted octanol–water partition coefficient (Wildman–Crippen LogP) is 15.6. The van der Waals surface area contributed by atoms with E-state index in [2.05, 4.69) is 133 Å². The summed E-state index contributed by atoms with van der Waals surface area (Å²) in [6.45, 7) is 20.2. The number of phenols is 2. The number of hydrogen-bond donors (Lipinski definition) is 2. The van der Waals surface area contributed by atoms with Crippen molar-refractivity contribution in [1.29, 1.82) is 0 Å². The lowest BCUT2D eigenvalue weighted by molar-refractivity contribution is 0.248. The van der Waals surface area contributed by atoms with Crippen LogP contribution in [0, 0.1) is 6.92 Å². The molecule has 0 bridgehead atoms. The summed E-state index contributed by atoms with van der Waals surface area (Å²) >= 11 is 0. The monoisotopic (exact) mass is 822 g/mol. The predicted molar refractivity (Wildman–Crippen MR) is 261 cm³/mol. The molecule has 4 nitrogen and oxygen atoms in total. The molecule has 7 aromatic rings. The number of rotatable bonds is 11. The molecule has 0 aliphatic heterocycles. The largest absolute Gasteiger partial charge is 0.507 e. The summed E-state index contributed by atoms with van der Waals surface area (Å²) in [5.41, 5.74) is 14.1. The normalized spacial score (nSPS) is 12.5. The average molecular weight is 823 g/mol. The third-order valence-corrected chi connectivity index (χ3v) is 12.1. The third kappa shape index (κ3) is 8.88. The van der Waals surface area contributed by atoms with Gasteiger partial charge in [-0.05, 0) is 124 Å². The number of ether oxygens (including phenoxy) is 2. The van der Waals surface area contributed by atoms with Crippen LogP contribution >= 0.6 is 0 Å². The van der Waals surface area contributed by atoms with Crippen LogP contribution in [0.1, 0.15) is 108 Å². The topological polar surface area (TPSA) is 58.9 Å². The van der Waals surface area contributed by atoms with Gasteiger partial charge in [0.25, 0.3) is 0 Å². The first-order valence-corrected chi connectivity index (χ1v) is 22.4. The van der Waals surface area contributed by atoms with Crippen LogP contribution in [0.4, 0.5) is 0 Å². The van der Waals surface area contributed by atoms with Gasteiger partial charge in [0.1, 0.15) is 23.0 Å². The molecule has 0 spiro atoms. The summed E-state index contributed by atoms with van der Waals surface area (Å²) < 4.78 is 13.0. The number of allylic oxidation sites excluding steroid dienone is 1. The summed E-state index contributed by atoms with van der Waals surface area (Å²) in [5.74, 6) is 2.21. The first-order valence-electron chi connectivity index (χ1n) is 22.4. The van der Waals surface area contributed by atoms with Gasteiger partial charge in [-0.3, -0.25) is 0 Å². The Morgan fingerprint density at radius 3 is 1.74 bits per heavy atom. The molecule has 318 valence electrons. The molecule has 8 rings (SSSR count).